The Labute approximate surface area is 94.3 Å². The van der Waals surface area contributed by atoms with Crippen LogP contribution in [0.3, 0.4) is 0 Å². The lowest BCUT2D eigenvalue weighted by Gasteiger charge is -2.15. The fourth-order valence-electron chi connectivity index (χ4n) is 1.53. The fraction of sp³-hybridized carbons (Fsp3) is 0.500. The molecule has 0 aliphatic rings. The molecule has 0 amide bonds. The Balaban J connectivity index is 1.81. The van der Waals surface area contributed by atoms with Gasteiger partial charge in [-0.3, -0.25) is 5.10 Å². The van der Waals surface area contributed by atoms with E-state index in [-0.39, 0.29) is 0 Å². The average molecular weight is 220 g/mol. The summed E-state index contributed by atoms with van der Waals surface area (Å²) in [4.78, 5) is 2.25. The van der Waals surface area contributed by atoms with Crippen molar-refractivity contribution in [2.75, 3.05) is 13.6 Å². The van der Waals surface area contributed by atoms with E-state index >= 15 is 0 Å². The molecule has 0 spiro atoms. The predicted octanol–water partition coefficient (Wildman–Crippen LogP) is 0.442. The first-order valence-electron chi connectivity index (χ1n) is 5.25. The second-order valence-corrected chi connectivity index (χ2v) is 3.96. The monoisotopic (exact) mass is 220 g/mol. The van der Waals surface area contributed by atoms with Crippen LogP contribution in [0.15, 0.2) is 18.9 Å². The molecule has 0 aliphatic carbocycles. The molecule has 0 saturated carbocycles. The lowest BCUT2D eigenvalue weighted by Crippen LogP contribution is -2.22. The smallest absolute Gasteiger partial charge is 0.119 e. The van der Waals surface area contributed by atoms with Gasteiger partial charge in [-0.05, 0) is 14.0 Å². The van der Waals surface area contributed by atoms with Gasteiger partial charge in [0.1, 0.15) is 12.7 Å². The SMILES string of the molecule is Cc1[nH]ncc1CN(C)CCn1cnnc1. The van der Waals surface area contributed by atoms with Crippen LogP contribution in [0.4, 0.5) is 0 Å². The highest BCUT2D eigenvalue weighted by atomic mass is 15.2. The maximum atomic E-state index is 4.01. The zero-order valence-corrected chi connectivity index (χ0v) is 9.59. The number of rotatable bonds is 5. The standard InChI is InChI=1S/C10H16N6/c1-9-10(5-11-14-9)6-15(2)3-4-16-7-12-13-8-16/h5,7-8H,3-4,6H2,1-2H3,(H,11,14). The molecular weight excluding hydrogens is 204 g/mol. The van der Waals surface area contributed by atoms with Gasteiger partial charge in [0.05, 0.1) is 6.20 Å². The van der Waals surface area contributed by atoms with Gasteiger partial charge in [-0.25, -0.2) is 0 Å². The van der Waals surface area contributed by atoms with Crippen molar-refractivity contribution in [1.82, 2.24) is 29.9 Å². The second kappa shape index (κ2) is 4.89. The lowest BCUT2D eigenvalue weighted by molar-refractivity contribution is 0.310. The molecule has 0 atom stereocenters. The van der Waals surface area contributed by atoms with Crippen LogP contribution in [0.2, 0.25) is 0 Å². The molecule has 2 aromatic heterocycles. The summed E-state index contributed by atoms with van der Waals surface area (Å²) in [7, 11) is 2.09. The third kappa shape index (κ3) is 2.66. The highest BCUT2D eigenvalue weighted by Gasteiger charge is 2.04. The van der Waals surface area contributed by atoms with Crippen molar-refractivity contribution in [3.05, 3.63) is 30.1 Å². The summed E-state index contributed by atoms with van der Waals surface area (Å²) < 4.78 is 1.97. The molecule has 0 saturated heterocycles. The molecule has 2 heterocycles. The van der Waals surface area contributed by atoms with E-state index in [9.17, 15) is 0 Å². The molecule has 6 heteroatoms. The normalized spacial score (nSPS) is 11.2. The second-order valence-electron chi connectivity index (χ2n) is 3.96. The Morgan fingerprint density at radius 2 is 2.12 bits per heavy atom. The zero-order valence-electron chi connectivity index (χ0n) is 9.59. The van der Waals surface area contributed by atoms with Crippen molar-refractivity contribution in [2.24, 2.45) is 0 Å². The Kier molecular flexibility index (Phi) is 3.31. The summed E-state index contributed by atoms with van der Waals surface area (Å²) in [5.74, 6) is 0. The third-order valence-electron chi connectivity index (χ3n) is 2.58. The molecule has 0 bridgehead atoms. The minimum Gasteiger partial charge on any atom is -0.319 e. The van der Waals surface area contributed by atoms with E-state index in [0.29, 0.717) is 0 Å². The Hall–Kier alpha value is -1.69. The Morgan fingerprint density at radius 3 is 2.75 bits per heavy atom. The summed E-state index contributed by atoms with van der Waals surface area (Å²) in [5, 5.41) is 14.5. The van der Waals surface area contributed by atoms with Gasteiger partial charge >= 0.3 is 0 Å². The van der Waals surface area contributed by atoms with Crippen LogP contribution in [-0.4, -0.2) is 43.5 Å². The van der Waals surface area contributed by atoms with E-state index in [1.165, 1.54) is 5.56 Å². The van der Waals surface area contributed by atoms with Crippen molar-refractivity contribution < 1.29 is 0 Å². The first kappa shape index (κ1) is 10.8. The number of H-pyrrole nitrogens is 1. The first-order valence-corrected chi connectivity index (χ1v) is 5.25. The fourth-order valence-corrected chi connectivity index (χ4v) is 1.53. The van der Waals surface area contributed by atoms with E-state index in [1.54, 1.807) is 12.7 Å². The molecule has 1 N–H and O–H groups in total. The number of nitrogens with one attached hydrogen (secondary N) is 1. The van der Waals surface area contributed by atoms with Gasteiger partial charge in [-0.1, -0.05) is 0 Å². The Morgan fingerprint density at radius 1 is 1.38 bits per heavy atom. The predicted molar refractivity (Wildman–Crippen MR) is 59.7 cm³/mol. The topological polar surface area (TPSA) is 62.6 Å². The van der Waals surface area contributed by atoms with Crippen molar-refractivity contribution in [3.63, 3.8) is 0 Å². The number of hydrogen-bond donors (Lipinski definition) is 1. The molecule has 6 nitrogen and oxygen atoms in total. The molecule has 0 unspecified atom stereocenters. The first-order chi connectivity index (χ1) is 7.75. The highest BCUT2D eigenvalue weighted by molar-refractivity contribution is 5.13. The number of aryl methyl sites for hydroxylation is 1. The van der Waals surface area contributed by atoms with E-state index in [1.807, 2.05) is 17.7 Å². The summed E-state index contributed by atoms with van der Waals surface area (Å²) in [5.41, 5.74) is 2.38. The molecule has 0 aromatic carbocycles. The van der Waals surface area contributed by atoms with Crippen LogP contribution >= 0.6 is 0 Å². The van der Waals surface area contributed by atoms with Crippen LogP contribution in [0.1, 0.15) is 11.3 Å². The number of hydrogen-bond acceptors (Lipinski definition) is 4. The summed E-state index contributed by atoms with van der Waals surface area (Å²) in [6.45, 7) is 4.81. The summed E-state index contributed by atoms with van der Waals surface area (Å²) in [6, 6.07) is 0. The zero-order chi connectivity index (χ0) is 11.4. The minimum absolute atomic E-state index is 0.903. The van der Waals surface area contributed by atoms with Crippen LogP contribution in [0.25, 0.3) is 0 Å². The molecule has 2 aromatic rings. The summed E-state index contributed by atoms with van der Waals surface area (Å²) in [6.07, 6.45) is 5.35. The van der Waals surface area contributed by atoms with Crippen molar-refractivity contribution in [1.29, 1.82) is 0 Å². The molecule has 0 fully saturated rings. The van der Waals surface area contributed by atoms with Crippen LogP contribution < -0.4 is 0 Å². The highest BCUT2D eigenvalue weighted by Crippen LogP contribution is 2.05. The van der Waals surface area contributed by atoms with E-state index in [0.717, 1.165) is 25.3 Å². The molecule has 0 radical (unpaired) electrons. The van der Waals surface area contributed by atoms with Gasteiger partial charge in [-0.2, -0.15) is 5.10 Å². The quantitative estimate of drug-likeness (QED) is 0.794. The lowest BCUT2D eigenvalue weighted by atomic mass is 10.2. The van der Waals surface area contributed by atoms with Crippen molar-refractivity contribution in [3.8, 4) is 0 Å². The molecule has 16 heavy (non-hydrogen) atoms. The minimum atomic E-state index is 0.903. The van der Waals surface area contributed by atoms with Crippen LogP contribution in [-0.2, 0) is 13.1 Å². The van der Waals surface area contributed by atoms with Crippen LogP contribution in [0, 0.1) is 6.92 Å². The van der Waals surface area contributed by atoms with E-state index in [2.05, 4.69) is 32.3 Å². The largest absolute Gasteiger partial charge is 0.319 e. The maximum absolute atomic E-state index is 4.01. The maximum Gasteiger partial charge on any atom is 0.119 e. The van der Waals surface area contributed by atoms with Gasteiger partial charge in [0.25, 0.3) is 0 Å². The number of aromatic amines is 1. The van der Waals surface area contributed by atoms with Crippen LogP contribution in [0.5, 0.6) is 0 Å². The van der Waals surface area contributed by atoms with Gasteiger partial charge < -0.3 is 9.47 Å². The molecule has 2 rings (SSSR count). The van der Waals surface area contributed by atoms with Gasteiger partial charge in [0.2, 0.25) is 0 Å². The van der Waals surface area contributed by atoms with Crippen molar-refractivity contribution in [2.45, 2.75) is 20.0 Å². The third-order valence-corrected chi connectivity index (χ3v) is 2.58. The van der Waals surface area contributed by atoms with Gasteiger partial charge in [-0.15, -0.1) is 10.2 Å². The number of nitrogens with zero attached hydrogens (tertiary/aromatic N) is 5. The average Bonchev–Trinajstić information content (AvgIpc) is 2.88. The number of likely N-dealkylation sites (N-methyl/N-ethyl adjacent to an activating group) is 1. The van der Waals surface area contributed by atoms with Gasteiger partial charge in [0.15, 0.2) is 0 Å². The number of aromatic nitrogens is 5. The van der Waals surface area contributed by atoms with E-state index in [4.69, 9.17) is 0 Å². The molecule has 86 valence electrons. The summed E-state index contributed by atoms with van der Waals surface area (Å²) >= 11 is 0. The van der Waals surface area contributed by atoms with E-state index < -0.39 is 0 Å². The molecule has 0 aliphatic heterocycles. The molecular formula is C10H16N6. The van der Waals surface area contributed by atoms with Gasteiger partial charge in [0, 0.05) is 30.9 Å². The van der Waals surface area contributed by atoms with Crippen molar-refractivity contribution >= 4 is 0 Å². The Bertz CT molecular complexity index is 418.